The molecule has 0 bridgehead atoms. The van der Waals surface area contributed by atoms with Gasteiger partial charge < -0.3 is 10.2 Å². The molecule has 0 unspecified atom stereocenters. The summed E-state index contributed by atoms with van der Waals surface area (Å²) in [5.74, 6) is -4.86. The fourth-order valence-electron chi connectivity index (χ4n) is 3.09. The van der Waals surface area contributed by atoms with Crippen molar-refractivity contribution in [2.45, 2.75) is 12.8 Å². The number of carbonyl (C=O) groups excluding carboxylic acids is 2. The molecule has 1 saturated heterocycles. The lowest BCUT2D eigenvalue weighted by Crippen LogP contribution is -2.33. The zero-order valence-corrected chi connectivity index (χ0v) is 14.8. The van der Waals surface area contributed by atoms with Crippen LogP contribution in [0.3, 0.4) is 0 Å². The van der Waals surface area contributed by atoms with Crippen molar-refractivity contribution in [2.24, 2.45) is 5.92 Å². The van der Waals surface area contributed by atoms with E-state index in [0.29, 0.717) is 17.3 Å². The maximum atomic E-state index is 13.8. The lowest BCUT2D eigenvalue weighted by Gasteiger charge is -2.17. The van der Waals surface area contributed by atoms with Crippen molar-refractivity contribution in [3.05, 3.63) is 58.4 Å². The van der Waals surface area contributed by atoms with Gasteiger partial charge in [-0.3, -0.25) is 9.59 Å². The Morgan fingerprint density at radius 2 is 2.12 bits per heavy atom. The zero-order valence-electron chi connectivity index (χ0n) is 14.1. The van der Waals surface area contributed by atoms with Crippen LogP contribution in [-0.2, 0) is 9.59 Å². The Balaban J connectivity index is 1.91. The summed E-state index contributed by atoms with van der Waals surface area (Å²) in [6.07, 6.45) is 1.52. The summed E-state index contributed by atoms with van der Waals surface area (Å²) in [5.41, 5.74) is 1.10. The van der Waals surface area contributed by atoms with Crippen LogP contribution in [0.15, 0.2) is 30.5 Å². The molecular formula is C18H16ClF2N3O2. The van der Waals surface area contributed by atoms with E-state index in [4.69, 9.17) is 11.6 Å². The predicted molar refractivity (Wildman–Crippen MR) is 92.8 cm³/mol. The quantitative estimate of drug-likeness (QED) is 0.658. The number of pyridine rings is 1. The van der Waals surface area contributed by atoms with Gasteiger partial charge in [0.2, 0.25) is 11.8 Å². The van der Waals surface area contributed by atoms with Crippen molar-refractivity contribution in [3.63, 3.8) is 0 Å². The number of benzene rings is 1. The summed E-state index contributed by atoms with van der Waals surface area (Å²) >= 11 is 5.94. The fraction of sp³-hybridized carbons (Fsp3) is 0.278. The van der Waals surface area contributed by atoms with Crippen LogP contribution in [0.25, 0.3) is 0 Å². The maximum Gasteiger partial charge on any atom is 0.237 e. The number of likely N-dealkylation sites (tertiary alicyclic amines) is 1. The number of anilines is 1. The Bertz CT molecular complexity index is 891. The highest BCUT2D eigenvalue weighted by atomic mass is 35.5. The molecule has 2 aromatic rings. The molecule has 1 aromatic heterocycles. The van der Waals surface area contributed by atoms with Crippen molar-refractivity contribution in [3.8, 4) is 0 Å². The number of aromatic nitrogens is 1. The Morgan fingerprint density at radius 1 is 1.38 bits per heavy atom. The summed E-state index contributed by atoms with van der Waals surface area (Å²) < 4.78 is 27.2. The van der Waals surface area contributed by atoms with Gasteiger partial charge >= 0.3 is 0 Å². The van der Waals surface area contributed by atoms with Gasteiger partial charge in [0.05, 0.1) is 5.69 Å². The van der Waals surface area contributed by atoms with E-state index in [1.54, 1.807) is 20.0 Å². The number of halogens is 3. The Hall–Kier alpha value is -2.54. The molecule has 3 rings (SSSR count). The first kappa shape index (κ1) is 18.3. The summed E-state index contributed by atoms with van der Waals surface area (Å²) in [6.45, 7) is 2.09. The smallest absolute Gasteiger partial charge is 0.237 e. The molecule has 5 nitrogen and oxygen atoms in total. The Kier molecular flexibility index (Phi) is 4.91. The third-order valence-electron chi connectivity index (χ3n) is 4.47. The van der Waals surface area contributed by atoms with Crippen molar-refractivity contribution < 1.29 is 18.4 Å². The number of amides is 2. The van der Waals surface area contributed by atoms with Gasteiger partial charge in [0, 0.05) is 25.7 Å². The van der Waals surface area contributed by atoms with E-state index < -0.39 is 35.3 Å². The van der Waals surface area contributed by atoms with Crippen LogP contribution in [0, 0.1) is 24.5 Å². The topological polar surface area (TPSA) is 62.3 Å². The molecule has 0 spiro atoms. The fourth-order valence-corrected chi connectivity index (χ4v) is 3.19. The molecule has 0 radical (unpaired) electrons. The van der Waals surface area contributed by atoms with Crippen molar-refractivity contribution in [2.75, 3.05) is 18.9 Å². The van der Waals surface area contributed by atoms with E-state index in [9.17, 15) is 18.4 Å². The van der Waals surface area contributed by atoms with Crippen LogP contribution in [0.2, 0.25) is 5.15 Å². The van der Waals surface area contributed by atoms with Gasteiger partial charge in [-0.2, -0.15) is 0 Å². The van der Waals surface area contributed by atoms with Gasteiger partial charge in [0.15, 0.2) is 11.6 Å². The average molecular weight is 380 g/mol. The van der Waals surface area contributed by atoms with E-state index in [0.717, 1.165) is 11.6 Å². The lowest BCUT2D eigenvalue weighted by atomic mass is 9.88. The average Bonchev–Trinajstić information content (AvgIpc) is 2.89. The normalized spacial score (nSPS) is 19.7. The van der Waals surface area contributed by atoms with Crippen LogP contribution >= 0.6 is 11.6 Å². The van der Waals surface area contributed by atoms with E-state index >= 15 is 0 Å². The first-order chi connectivity index (χ1) is 12.3. The van der Waals surface area contributed by atoms with Crippen LogP contribution in [0.1, 0.15) is 17.0 Å². The summed E-state index contributed by atoms with van der Waals surface area (Å²) in [6, 6.07) is 5.24. The minimum atomic E-state index is -1.17. The van der Waals surface area contributed by atoms with Crippen molar-refractivity contribution in [1.82, 2.24) is 9.88 Å². The SMILES string of the molecule is Cc1cc([C@@H]2CN(C)C(=O)[C@H]2C(=O)Nc2cccc(F)c2F)cnc1Cl. The van der Waals surface area contributed by atoms with E-state index in [1.807, 2.05) is 0 Å². The lowest BCUT2D eigenvalue weighted by molar-refractivity contribution is -0.135. The third-order valence-corrected chi connectivity index (χ3v) is 4.87. The van der Waals surface area contributed by atoms with Crippen LogP contribution in [0.4, 0.5) is 14.5 Å². The molecule has 2 atom stereocenters. The largest absolute Gasteiger partial charge is 0.344 e. The molecule has 1 N–H and O–H groups in total. The highest BCUT2D eigenvalue weighted by Crippen LogP contribution is 2.35. The van der Waals surface area contributed by atoms with Gasteiger partial charge in [-0.25, -0.2) is 13.8 Å². The Labute approximate surface area is 154 Å². The molecule has 0 aliphatic carbocycles. The van der Waals surface area contributed by atoms with Crippen LogP contribution in [-0.4, -0.2) is 35.3 Å². The zero-order chi connectivity index (χ0) is 19.0. The van der Waals surface area contributed by atoms with E-state index in [1.165, 1.54) is 23.2 Å². The van der Waals surface area contributed by atoms with E-state index in [2.05, 4.69) is 10.3 Å². The maximum absolute atomic E-state index is 13.8. The molecule has 0 saturated carbocycles. The molecule has 1 aliphatic heterocycles. The van der Waals surface area contributed by atoms with Crippen LogP contribution < -0.4 is 5.32 Å². The second-order valence-electron chi connectivity index (χ2n) is 6.27. The molecule has 2 heterocycles. The minimum Gasteiger partial charge on any atom is -0.344 e. The van der Waals surface area contributed by atoms with Crippen molar-refractivity contribution >= 4 is 29.1 Å². The molecule has 1 fully saturated rings. The standard InChI is InChI=1S/C18H16ClF2N3O2/c1-9-6-10(7-22-16(9)19)11-8-24(2)18(26)14(11)17(25)23-13-5-3-4-12(20)15(13)21/h3-7,11,14H,8H2,1-2H3,(H,23,25)/t11-,14+/m0/s1. The van der Waals surface area contributed by atoms with Gasteiger partial charge in [-0.15, -0.1) is 0 Å². The van der Waals surface area contributed by atoms with E-state index in [-0.39, 0.29) is 5.69 Å². The number of aryl methyl sites for hydroxylation is 1. The third kappa shape index (κ3) is 3.26. The summed E-state index contributed by atoms with van der Waals surface area (Å²) in [4.78, 5) is 30.7. The molecular weight excluding hydrogens is 364 g/mol. The number of hydrogen-bond acceptors (Lipinski definition) is 3. The summed E-state index contributed by atoms with van der Waals surface area (Å²) in [7, 11) is 1.58. The highest BCUT2D eigenvalue weighted by molar-refractivity contribution is 6.30. The minimum absolute atomic E-state index is 0.304. The number of hydrogen-bond donors (Lipinski definition) is 1. The second kappa shape index (κ2) is 6.99. The van der Waals surface area contributed by atoms with Gasteiger partial charge in [-0.1, -0.05) is 23.7 Å². The number of nitrogens with zero attached hydrogens (tertiary/aromatic N) is 2. The monoisotopic (exact) mass is 379 g/mol. The molecule has 8 heteroatoms. The molecule has 1 aliphatic rings. The molecule has 136 valence electrons. The predicted octanol–water partition coefficient (Wildman–Crippen LogP) is 3.13. The number of carbonyl (C=O) groups is 2. The molecule has 1 aromatic carbocycles. The molecule has 26 heavy (non-hydrogen) atoms. The summed E-state index contributed by atoms with van der Waals surface area (Å²) in [5, 5.41) is 2.66. The number of likely N-dealkylation sites (N-methyl/N-ethyl adjacent to an activating group) is 1. The first-order valence-electron chi connectivity index (χ1n) is 7.91. The molecule has 2 amide bonds. The first-order valence-corrected chi connectivity index (χ1v) is 8.29. The number of rotatable bonds is 3. The second-order valence-corrected chi connectivity index (χ2v) is 6.63. The van der Waals surface area contributed by atoms with Gasteiger partial charge in [-0.05, 0) is 30.2 Å². The Morgan fingerprint density at radius 3 is 2.81 bits per heavy atom. The van der Waals surface area contributed by atoms with Crippen molar-refractivity contribution in [1.29, 1.82) is 0 Å². The van der Waals surface area contributed by atoms with Crippen LogP contribution in [0.5, 0.6) is 0 Å². The highest BCUT2D eigenvalue weighted by Gasteiger charge is 2.44. The van der Waals surface area contributed by atoms with Gasteiger partial charge in [0.25, 0.3) is 0 Å². The van der Waals surface area contributed by atoms with Gasteiger partial charge in [0.1, 0.15) is 11.1 Å². The number of nitrogens with one attached hydrogen (secondary N) is 1.